The van der Waals surface area contributed by atoms with Gasteiger partial charge in [-0.1, -0.05) is 6.07 Å². The van der Waals surface area contributed by atoms with E-state index in [-0.39, 0.29) is 17.9 Å². The van der Waals surface area contributed by atoms with Crippen molar-refractivity contribution in [3.8, 4) is 5.75 Å². The molecule has 1 aromatic carbocycles. The number of amides is 1. The fourth-order valence-electron chi connectivity index (χ4n) is 2.40. The van der Waals surface area contributed by atoms with E-state index >= 15 is 0 Å². The molecule has 0 spiro atoms. The molecule has 0 atom stereocenters. The minimum atomic E-state index is -4.16. The van der Waals surface area contributed by atoms with Crippen LogP contribution in [0.15, 0.2) is 18.2 Å². The first kappa shape index (κ1) is 28.4. The summed E-state index contributed by atoms with van der Waals surface area (Å²) in [6, 6.07) is 4.49. The molecule has 0 aliphatic rings. The molecule has 1 rings (SSSR count). The number of ether oxygens (including phenoxy) is 1. The van der Waals surface area contributed by atoms with Gasteiger partial charge >= 0.3 is 19.2 Å². The summed E-state index contributed by atoms with van der Waals surface area (Å²) in [5.41, 5.74) is -1.79. The van der Waals surface area contributed by atoms with Crippen LogP contribution in [0.25, 0.3) is 0 Å². The number of nitrogens with zero attached hydrogens (tertiary/aromatic N) is 1. The molecule has 0 radical (unpaired) electrons. The SMILES string of the molecule is CN(Cc1ccc(C(=O)OC(C)(C)C)cc1OP(=O)(OC(C)(C)C)OC(C)(C)C)C(=O)Cl. The number of halogens is 1. The Labute approximate surface area is 196 Å². The number of hydrogen-bond acceptors (Lipinski definition) is 7. The van der Waals surface area contributed by atoms with Crippen molar-refractivity contribution >= 4 is 30.8 Å². The van der Waals surface area contributed by atoms with Gasteiger partial charge in [-0.25, -0.2) is 9.36 Å². The summed E-state index contributed by atoms with van der Waals surface area (Å²) in [4.78, 5) is 25.3. The minimum Gasteiger partial charge on any atom is -0.456 e. The molecule has 0 aliphatic heterocycles. The normalized spacial score (nSPS) is 13.0. The van der Waals surface area contributed by atoms with Gasteiger partial charge in [0.25, 0.3) is 0 Å². The summed E-state index contributed by atoms with van der Waals surface area (Å²) in [5, 5.41) is -0.688. The quantitative estimate of drug-likeness (QED) is 0.185. The number of rotatable bonds is 7. The summed E-state index contributed by atoms with van der Waals surface area (Å²) in [6.45, 7) is 15.6. The van der Waals surface area contributed by atoms with Crippen molar-refractivity contribution in [2.45, 2.75) is 85.7 Å². The molecule has 0 unspecified atom stereocenters. The third kappa shape index (κ3) is 10.3. The van der Waals surface area contributed by atoms with Crippen molar-refractivity contribution in [1.82, 2.24) is 4.90 Å². The zero-order chi connectivity index (χ0) is 25.1. The Bertz CT molecular complexity index is 862. The lowest BCUT2D eigenvalue weighted by Gasteiger charge is -2.31. The Morgan fingerprint density at radius 1 is 0.938 bits per heavy atom. The van der Waals surface area contributed by atoms with E-state index < -0.39 is 36.0 Å². The number of phosphoric ester groups is 1. The maximum Gasteiger partial charge on any atom is 0.531 e. The Balaban J connectivity index is 3.50. The second-order valence-corrected chi connectivity index (χ2v) is 12.1. The number of phosphoric acid groups is 1. The van der Waals surface area contributed by atoms with E-state index in [1.54, 1.807) is 68.4 Å². The molecule has 0 saturated heterocycles. The molecule has 10 heteroatoms. The van der Waals surface area contributed by atoms with Crippen molar-refractivity contribution in [2.24, 2.45) is 0 Å². The molecule has 0 heterocycles. The van der Waals surface area contributed by atoms with Crippen molar-refractivity contribution in [3.05, 3.63) is 29.3 Å². The average molecular weight is 492 g/mol. The molecule has 1 amide bonds. The highest BCUT2D eigenvalue weighted by Crippen LogP contribution is 2.55. The zero-order valence-corrected chi connectivity index (χ0v) is 22.2. The Kier molecular flexibility index (Phi) is 8.99. The molecule has 0 aromatic heterocycles. The molecule has 1 aromatic rings. The summed E-state index contributed by atoms with van der Waals surface area (Å²) in [6.07, 6.45) is 0. The van der Waals surface area contributed by atoms with Gasteiger partial charge in [-0.15, -0.1) is 0 Å². The first-order valence-corrected chi connectivity index (χ1v) is 12.0. The molecule has 32 heavy (non-hydrogen) atoms. The van der Waals surface area contributed by atoms with Gasteiger partial charge < -0.3 is 14.2 Å². The highest BCUT2D eigenvalue weighted by molar-refractivity contribution is 7.49. The molecule has 182 valence electrons. The second kappa shape index (κ2) is 10.1. The number of carbonyl (C=O) groups excluding carboxylic acids is 2. The summed E-state index contributed by atoms with van der Waals surface area (Å²) >= 11 is 5.56. The lowest BCUT2D eigenvalue weighted by molar-refractivity contribution is 0.00651. The van der Waals surface area contributed by atoms with Gasteiger partial charge in [-0.2, -0.15) is 0 Å². The van der Waals surface area contributed by atoms with Crippen LogP contribution in [-0.2, 0) is 24.9 Å². The highest BCUT2D eigenvalue weighted by Gasteiger charge is 2.39. The molecule has 0 saturated carbocycles. The maximum absolute atomic E-state index is 13.6. The summed E-state index contributed by atoms with van der Waals surface area (Å²) < 4.78 is 36.2. The number of benzene rings is 1. The Morgan fingerprint density at radius 3 is 1.84 bits per heavy atom. The van der Waals surface area contributed by atoms with Crippen molar-refractivity contribution < 1.29 is 32.5 Å². The van der Waals surface area contributed by atoms with Gasteiger partial charge in [0, 0.05) is 12.6 Å². The van der Waals surface area contributed by atoms with Gasteiger partial charge in [0.1, 0.15) is 11.4 Å². The average Bonchev–Trinajstić information content (AvgIpc) is 2.50. The lowest BCUT2D eigenvalue weighted by atomic mass is 10.1. The standard InChI is InChI=1S/C22H35ClNO7P/c1-20(2,3)28-18(25)15-11-12-16(14-24(10)19(23)26)17(13-15)29-32(27,30-21(4,5)6)31-22(7,8)9/h11-13H,14H2,1-10H3. The van der Waals surface area contributed by atoms with Crippen LogP contribution in [0.4, 0.5) is 4.79 Å². The van der Waals surface area contributed by atoms with E-state index in [0.29, 0.717) is 5.56 Å². The fraction of sp³-hybridized carbons (Fsp3) is 0.636. The predicted octanol–water partition coefficient (Wildman–Crippen LogP) is 6.55. The van der Waals surface area contributed by atoms with Crippen molar-refractivity contribution in [2.75, 3.05) is 7.05 Å². The largest absolute Gasteiger partial charge is 0.531 e. The van der Waals surface area contributed by atoms with Crippen LogP contribution in [0.1, 0.15) is 78.2 Å². The third-order valence-corrected chi connectivity index (χ3v) is 5.64. The summed E-state index contributed by atoms with van der Waals surface area (Å²) in [7, 11) is -2.66. The number of carbonyl (C=O) groups is 2. The second-order valence-electron chi connectivity index (χ2n) is 10.4. The first-order chi connectivity index (χ1) is 14.2. The van der Waals surface area contributed by atoms with E-state index in [1.807, 2.05) is 0 Å². The van der Waals surface area contributed by atoms with E-state index in [1.165, 1.54) is 24.1 Å². The molecule has 0 bridgehead atoms. The van der Waals surface area contributed by atoms with Gasteiger partial charge in [0.2, 0.25) is 0 Å². The van der Waals surface area contributed by atoms with Crippen LogP contribution < -0.4 is 4.52 Å². The number of hydrogen-bond donors (Lipinski definition) is 0. The molecular formula is C22H35ClNO7P. The highest BCUT2D eigenvalue weighted by atomic mass is 35.5. The van der Waals surface area contributed by atoms with Crippen LogP contribution in [0.5, 0.6) is 5.75 Å². The van der Waals surface area contributed by atoms with Gasteiger partial charge in [-0.3, -0.25) is 13.8 Å². The summed E-state index contributed by atoms with van der Waals surface area (Å²) in [5.74, 6) is -0.533. The van der Waals surface area contributed by atoms with Gasteiger partial charge in [0.05, 0.1) is 23.3 Å². The number of esters is 1. The maximum atomic E-state index is 13.6. The molecule has 8 nitrogen and oxygen atoms in total. The van der Waals surface area contributed by atoms with Crippen LogP contribution in [0.3, 0.4) is 0 Å². The third-order valence-electron chi connectivity index (χ3n) is 3.39. The van der Waals surface area contributed by atoms with Gasteiger partial charge in [-0.05, 0) is 86.0 Å². The van der Waals surface area contributed by atoms with Crippen LogP contribution in [-0.4, -0.2) is 40.1 Å². The molecular weight excluding hydrogens is 457 g/mol. The first-order valence-electron chi connectivity index (χ1n) is 10.2. The van der Waals surface area contributed by atoms with E-state index in [2.05, 4.69) is 0 Å². The van der Waals surface area contributed by atoms with E-state index in [9.17, 15) is 14.2 Å². The molecule has 0 fully saturated rings. The van der Waals surface area contributed by atoms with Gasteiger partial charge in [0.15, 0.2) is 0 Å². The van der Waals surface area contributed by atoms with E-state index in [0.717, 1.165) is 0 Å². The van der Waals surface area contributed by atoms with Crippen LogP contribution >= 0.6 is 19.4 Å². The molecule has 0 N–H and O–H groups in total. The zero-order valence-electron chi connectivity index (χ0n) is 20.6. The fourth-order valence-corrected chi connectivity index (χ4v) is 4.32. The van der Waals surface area contributed by atoms with E-state index in [4.69, 9.17) is 29.9 Å². The Hall–Kier alpha value is -1.60. The monoisotopic (exact) mass is 491 g/mol. The molecule has 0 aliphatic carbocycles. The predicted molar refractivity (Wildman–Crippen MR) is 124 cm³/mol. The van der Waals surface area contributed by atoms with Crippen molar-refractivity contribution in [1.29, 1.82) is 0 Å². The Morgan fingerprint density at radius 2 is 1.44 bits per heavy atom. The van der Waals surface area contributed by atoms with Crippen LogP contribution in [0.2, 0.25) is 0 Å². The minimum absolute atomic E-state index is 0.0390. The lowest BCUT2D eigenvalue weighted by Crippen LogP contribution is -2.26. The smallest absolute Gasteiger partial charge is 0.456 e. The topological polar surface area (TPSA) is 91.4 Å². The van der Waals surface area contributed by atoms with Crippen molar-refractivity contribution in [3.63, 3.8) is 0 Å². The van der Waals surface area contributed by atoms with Crippen LogP contribution in [0, 0.1) is 0 Å².